The molecule has 9 nitrogen and oxygen atoms in total. The van der Waals surface area contributed by atoms with Crippen LogP contribution in [0.15, 0.2) is 48.8 Å². The van der Waals surface area contributed by atoms with Crippen LogP contribution in [0.4, 0.5) is 11.5 Å². The Hall–Kier alpha value is -3.40. The molecule has 0 spiro atoms. The number of aromatic hydroxyl groups is 1. The molecule has 0 unspecified atom stereocenters. The minimum absolute atomic E-state index is 0.176. The topological polar surface area (TPSA) is 109 Å². The highest BCUT2D eigenvalue weighted by Crippen LogP contribution is 2.33. The molecule has 0 radical (unpaired) electrons. The first kappa shape index (κ1) is 23.7. The van der Waals surface area contributed by atoms with Gasteiger partial charge in [0.25, 0.3) is 5.91 Å². The molecule has 1 fully saturated rings. The molecule has 1 aliphatic rings. The summed E-state index contributed by atoms with van der Waals surface area (Å²) < 4.78 is 10.8. The first-order chi connectivity index (χ1) is 16.5. The highest BCUT2D eigenvalue weighted by Gasteiger charge is 2.17. The third-order valence-electron chi connectivity index (χ3n) is 5.41. The number of nitrogens with one attached hydrogen (secondary N) is 2. The molecule has 1 aromatic heterocycles. The van der Waals surface area contributed by atoms with E-state index in [1.807, 2.05) is 0 Å². The standard InChI is InChI=1S/C24H26ClN5O4/c1-33-22-13-20(28-23-15-26-14-21(29-23)16-2-4-17(31)5-3-16)19(25)12-18(22)24(32)27-6-7-30-8-10-34-11-9-30/h2-5,12-15,31H,6-11H2,1H3,(H,27,32)(H,28,29). The maximum Gasteiger partial charge on any atom is 0.255 e. The van der Waals surface area contributed by atoms with Gasteiger partial charge < -0.3 is 25.2 Å². The highest BCUT2D eigenvalue weighted by molar-refractivity contribution is 6.33. The van der Waals surface area contributed by atoms with Crippen LogP contribution in [0.1, 0.15) is 10.4 Å². The number of hydrogen-bond acceptors (Lipinski definition) is 8. The van der Waals surface area contributed by atoms with Gasteiger partial charge in [-0.25, -0.2) is 4.98 Å². The maximum atomic E-state index is 12.8. The van der Waals surface area contributed by atoms with E-state index >= 15 is 0 Å². The molecule has 2 aromatic carbocycles. The minimum Gasteiger partial charge on any atom is -0.508 e. The van der Waals surface area contributed by atoms with Gasteiger partial charge in [-0.2, -0.15) is 0 Å². The smallest absolute Gasteiger partial charge is 0.255 e. The third-order valence-corrected chi connectivity index (χ3v) is 5.72. The van der Waals surface area contributed by atoms with E-state index in [2.05, 4.69) is 25.5 Å². The number of carbonyl (C=O) groups is 1. The Morgan fingerprint density at radius 1 is 1.21 bits per heavy atom. The summed E-state index contributed by atoms with van der Waals surface area (Å²) in [4.78, 5) is 23.8. The van der Waals surface area contributed by atoms with E-state index in [0.717, 1.165) is 25.2 Å². The van der Waals surface area contributed by atoms with Gasteiger partial charge in [0.1, 0.15) is 17.3 Å². The summed E-state index contributed by atoms with van der Waals surface area (Å²) in [6.07, 6.45) is 3.20. The summed E-state index contributed by atoms with van der Waals surface area (Å²) in [7, 11) is 1.50. The number of carbonyl (C=O) groups excluding carboxylic acids is 1. The van der Waals surface area contributed by atoms with Crippen molar-refractivity contribution in [2.75, 3.05) is 51.8 Å². The summed E-state index contributed by atoms with van der Waals surface area (Å²) in [6.45, 7) is 4.42. The van der Waals surface area contributed by atoms with Gasteiger partial charge in [-0.1, -0.05) is 11.6 Å². The van der Waals surface area contributed by atoms with Gasteiger partial charge >= 0.3 is 0 Å². The quantitative estimate of drug-likeness (QED) is 0.447. The van der Waals surface area contributed by atoms with Crippen molar-refractivity contribution in [3.05, 3.63) is 59.4 Å². The second-order valence-electron chi connectivity index (χ2n) is 7.70. The monoisotopic (exact) mass is 483 g/mol. The van der Waals surface area contributed by atoms with Crippen LogP contribution in [-0.4, -0.2) is 72.4 Å². The summed E-state index contributed by atoms with van der Waals surface area (Å²) in [5.74, 6) is 0.776. The number of phenolic OH excluding ortho intramolecular Hbond substituents is 1. The molecule has 10 heteroatoms. The largest absolute Gasteiger partial charge is 0.508 e. The summed E-state index contributed by atoms with van der Waals surface area (Å²) in [6, 6.07) is 9.92. The van der Waals surface area contributed by atoms with Crippen molar-refractivity contribution in [1.82, 2.24) is 20.2 Å². The molecule has 2 heterocycles. The second kappa shape index (κ2) is 11.1. The summed E-state index contributed by atoms with van der Waals surface area (Å²) in [5, 5.41) is 15.9. The molecule has 3 aromatic rings. The summed E-state index contributed by atoms with van der Waals surface area (Å²) in [5.41, 5.74) is 2.32. The van der Waals surface area contributed by atoms with Crippen LogP contribution >= 0.6 is 11.6 Å². The van der Waals surface area contributed by atoms with Crippen molar-refractivity contribution >= 4 is 29.0 Å². The normalized spacial score (nSPS) is 13.9. The Balaban J connectivity index is 1.45. The van der Waals surface area contributed by atoms with E-state index in [-0.39, 0.29) is 11.7 Å². The number of anilines is 2. The minimum atomic E-state index is -0.257. The molecule has 0 aliphatic carbocycles. The summed E-state index contributed by atoms with van der Waals surface area (Å²) >= 11 is 6.49. The number of benzene rings is 2. The maximum absolute atomic E-state index is 12.8. The van der Waals surface area contributed by atoms with E-state index in [1.54, 1.807) is 48.8 Å². The molecule has 0 bridgehead atoms. The van der Waals surface area contributed by atoms with E-state index in [9.17, 15) is 9.90 Å². The number of amides is 1. The van der Waals surface area contributed by atoms with Crippen LogP contribution in [0.25, 0.3) is 11.3 Å². The molecular weight excluding hydrogens is 458 g/mol. The fraction of sp³-hybridized carbons (Fsp3) is 0.292. The van der Waals surface area contributed by atoms with Gasteiger partial charge in [-0.3, -0.25) is 14.7 Å². The van der Waals surface area contributed by atoms with Gasteiger partial charge in [0.2, 0.25) is 0 Å². The number of morpholine rings is 1. The predicted octanol–water partition coefficient (Wildman–Crippen LogP) is 3.32. The SMILES string of the molecule is COc1cc(Nc2cncc(-c3ccc(O)cc3)n2)c(Cl)cc1C(=O)NCCN1CCOCC1. The number of halogens is 1. The number of methoxy groups -OCH3 is 1. The van der Waals surface area contributed by atoms with Crippen molar-refractivity contribution in [2.24, 2.45) is 0 Å². The van der Waals surface area contributed by atoms with Crippen LogP contribution < -0.4 is 15.4 Å². The molecule has 4 rings (SSSR count). The Morgan fingerprint density at radius 2 is 1.97 bits per heavy atom. The van der Waals surface area contributed by atoms with Gasteiger partial charge in [-0.15, -0.1) is 0 Å². The lowest BCUT2D eigenvalue weighted by Crippen LogP contribution is -2.41. The molecular formula is C24H26ClN5O4. The molecule has 178 valence electrons. The zero-order valence-corrected chi connectivity index (χ0v) is 19.5. The van der Waals surface area contributed by atoms with E-state index in [1.165, 1.54) is 7.11 Å². The zero-order valence-electron chi connectivity index (χ0n) is 18.8. The second-order valence-corrected chi connectivity index (χ2v) is 8.11. The lowest BCUT2D eigenvalue weighted by Gasteiger charge is -2.26. The van der Waals surface area contributed by atoms with Gasteiger partial charge in [0.05, 0.1) is 54.7 Å². The number of hydrogen-bond donors (Lipinski definition) is 3. The average molecular weight is 484 g/mol. The van der Waals surface area contributed by atoms with E-state index in [4.69, 9.17) is 21.1 Å². The van der Waals surface area contributed by atoms with Gasteiger partial charge in [0, 0.05) is 37.8 Å². The van der Waals surface area contributed by atoms with Crippen molar-refractivity contribution in [2.45, 2.75) is 0 Å². The first-order valence-electron chi connectivity index (χ1n) is 10.9. The fourth-order valence-corrected chi connectivity index (χ4v) is 3.79. The van der Waals surface area contributed by atoms with Crippen LogP contribution in [0.5, 0.6) is 11.5 Å². The number of nitrogens with zero attached hydrogens (tertiary/aromatic N) is 3. The van der Waals surface area contributed by atoms with E-state index in [0.29, 0.717) is 53.3 Å². The lowest BCUT2D eigenvalue weighted by atomic mass is 10.1. The number of rotatable bonds is 8. The van der Waals surface area contributed by atoms with Crippen molar-refractivity contribution in [3.8, 4) is 22.8 Å². The van der Waals surface area contributed by atoms with Gasteiger partial charge in [0.15, 0.2) is 0 Å². The molecule has 1 amide bonds. The van der Waals surface area contributed by atoms with Gasteiger partial charge in [-0.05, 0) is 30.3 Å². The molecule has 1 saturated heterocycles. The molecule has 0 saturated carbocycles. The molecule has 1 aliphatic heterocycles. The zero-order chi connectivity index (χ0) is 23.9. The predicted molar refractivity (Wildman–Crippen MR) is 130 cm³/mol. The Labute approximate surface area is 202 Å². The Bertz CT molecular complexity index is 1140. The first-order valence-corrected chi connectivity index (χ1v) is 11.3. The van der Waals surface area contributed by atoms with Crippen LogP contribution in [-0.2, 0) is 4.74 Å². The number of phenols is 1. The molecule has 34 heavy (non-hydrogen) atoms. The highest BCUT2D eigenvalue weighted by atomic mass is 35.5. The van der Waals surface area contributed by atoms with Crippen molar-refractivity contribution in [3.63, 3.8) is 0 Å². The number of ether oxygens (including phenoxy) is 2. The lowest BCUT2D eigenvalue weighted by molar-refractivity contribution is 0.0383. The molecule has 0 atom stereocenters. The van der Waals surface area contributed by atoms with E-state index < -0.39 is 0 Å². The Kier molecular flexibility index (Phi) is 7.79. The Morgan fingerprint density at radius 3 is 2.71 bits per heavy atom. The van der Waals surface area contributed by atoms with Crippen LogP contribution in [0.2, 0.25) is 5.02 Å². The van der Waals surface area contributed by atoms with Crippen LogP contribution in [0.3, 0.4) is 0 Å². The fourth-order valence-electron chi connectivity index (χ4n) is 3.58. The molecule has 3 N–H and O–H groups in total. The van der Waals surface area contributed by atoms with Crippen molar-refractivity contribution < 1.29 is 19.4 Å². The number of aromatic nitrogens is 2. The van der Waals surface area contributed by atoms with Crippen molar-refractivity contribution in [1.29, 1.82) is 0 Å². The average Bonchev–Trinajstić information content (AvgIpc) is 2.86. The van der Waals surface area contributed by atoms with Crippen LogP contribution in [0, 0.1) is 0 Å². The third kappa shape index (κ3) is 5.93.